The van der Waals surface area contributed by atoms with E-state index >= 15 is 0 Å². The number of hydrogen-bond donors (Lipinski definition) is 2. The highest BCUT2D eigenvalue weighted by Crippen LogP contribution is 2.38. The molecule has 1 aliphatic rings. The van der Waals surface area contributed by atoms with Gasteiger partial charge in [0, 0.05) is 31.8 Å². The molecule has 0 unspecified atom stereocenters. The van der Waals surface area contributed by atoms with E-state index in [4.69, 9.17) is 4.74 Å². The van der Waals surface area contributed by atoms with Crippen molar-refractivity contribution in [2.75, 3.05) is 19.0 Å². The van der Waals surface area contributed by atoms with Crippen LogP contribution in [0, 0.1) is 0 Å². The van der Waals surface area contributed by atoms with Crippen molar-refractivity contribution < 1.29 is 14.3 Å². The molecule has 136 valence electrons. The number of methoxy groups -OCH3 is 1. The molecule has 1 aromatic carbocycles. The summed E-state index contributed by atoms with van der Waals surface area (Å²) in [5.74, 6) is -0.419. The summed E-state index contributed by atoms with van der Waals surface area (Å²) in [6.45, 7) is 0.951. The Bertz CT molecular complexity index is 875. The van der Waals surface area contributed by atoms with Gasteiger partial charge in [-0.2, -0.15) is 0 Å². The number of benzene rings is 1. The Morgan fingerprint density at radius 3 is 2.88 bits per heavy atom. The minimum atomic E-state index is -0.548. The summed E-state index contributed by atoms with van der Waals surface area (Å²) in [4.78, 5) is 36.2. The van der Waals surface area contributed by atoms with Crippen LogP contribution in [0.4, 0.5) is 5.69 Å². The van der Waals surface area contributed by atoms with E-state index in [0.29, 0.717) is 30.9 Å². The first-order chi connectivity index (χ1) is 12.6. The second kappa shape index (κ2) is 7.86. The lowest BCUT2D eigenvalue weighted by Gasteiger charge is -2.26. The summed E-state index contributed by atoms with van der Waals surface area (Å²) < 4.78 is 6.87. The molecule has 2 aromatic rings. The van der Waals surface area contributed by atoms with Gasteiger partial charge in [-0.1, -0.05) is 18.2 Å². The minimum Gasteiger partial charge on any atom is -0.495 e. The molecule has 1 aromatic heterocycles. The summed E-state index contributed by atoms with van der Waals surface area (Å²) in [7, 11) is 1.52. The first kappa shape index (κ1) is 17.7. The molecule has 2 amide bonds. The van der Waals surface area contributed by atoms with Crippen LogP contribution in [-0.2, 0) is 16.1 Å². The van der Waals surface area contributed by atoms with Gasteiger partial charge in [-0.15, -0.1) is 0 Å². The number of carbonyl (C=O) groups excluding carboxylic acids is 2. The number of para-hydroxylation sites is 1. The first-order valence-electron chi connectivity index (χ1n) is 8.50. The molecule has 0 aliphatic carbocycles. The van der Waals surface area contributed by atoms with Crippen LogP contribution in [0.25, 0.3) is 0 Å². The van der Waals surface area contributed by atoms with Gasteiger partial charge in [-0.3, -0.25) is 14.4 Å². The fraction of sp³-hybridized carbons (Fsp3) is 0.316. The van der Waals surface area contributed by atoms with Crippen LogP contribution in [-0.4, -0.2) is 30.0 Å². The number of fused-ring (bicyclic) bond motifs is 1. The average molecular weight is 355 g/mol. The molecule has 0 bridgehead atoms. The van der Waals surface area contributed by atoms with E-state index in [2.05, 4.69) is 10.6 Å². The van der Waals surface area contributed by atoms with Crippen molar-refractivity contribution in [2.24, 2.45) is 0 Å². The predicted molar refractivity (Wildman–Crippen MR) is 97.3 cm³/mol. The Morgan fingerprint density at radius 2 is 2.12 bits per heavy atom. The number of pyridine rings is 1. The summed E-state index contributed by atoms with van der Waals surface area (Å²) in [6, 6.07) is 10.4. The number of nitrogens with zero attached hydrogens (tertiary/aromatic N) is 1. The van der Waals surface area contributed by atoms with Gasteiger partial charge in [0.25, 0.3) is 0 Å². The van der Waals surface area contributed by atoms with Crippen LogP contribution >= 0.6 is 0 Å². The van der Waals surface area contributed by atoms with E-state index < -0.39 is 5.92 Å². The number of rotatable bonds is 6. The van der Waals surface area contributed by atoms with Gasteiger partial charge in [-0.05, 0) is 24.1 Å². The fourth-order valence-electron chi connectivity index (χ4n) is 3.09. The lowest BCUT2D eigenvalue weighted by molar-refractivity contribution is -0.126. The molecular weight excluding hydrogens is 334 g/mol. The quantitative estimate of drug-likeness (QED) is 0.769. The Morgan fingerprint density at radius 1 is 1.27 bits per heavy atom. The molecule has 1 aliphatic heterocycles. The monoisotopic (exact) mass is 355 g/mol. The van der Waals surface area contributed by atoms with Crippen LogP contribution in [0.3, 0.4) is 0 Å². The van der Waals surface area contributed by atoms with Crippen molar-refractivity contribution in [1.29, 1.82) is 0 Å². The van der Waals surface area contributed by atoms with Crippen LogP contribution in [0.15, 0.2) is 47.4 Å². The average Bonchev–Trinajstić information content (AvgIpc) is 2.65. The van der Waals surface area contributed by atoms with E-state index in [0.717, 1.165) is 5.56 Å². The van der Waals surface area contributed by atoms with E-state index in [9.17, 15) is 14.4 Å². The van der Waals surface area contributed by atoms with Gasteiger partial charge in [0.05, 0.1) is 18.7 Å². The molecule has 3 rings (SSSR count). The molecule has 26 heavy (non-hydrogen) atoms. The lowest BCUT2D eigenvalue weighted by atomic mass is 9.89. The zero-order chi connectivity index (χ0) is 18.5. The van der Waals surface area contributed by atoms with Gasteiger partial charge in [-0.25, -0.2) is 0 Å². The van der Waals surface area contributed by atoms with Gasteiger partial charge in [0.2, 0.25) is 17.4 Å². The number of hydrogen-bond acceptors (Lipinski definition) is 4. The first-order valence-corrected chi connectivity index (χ1v) is 8.50. The summed E-state index contributed by atoms with van der Waals surface area (Å²) in [5.41, 5.74) is 1.24. The van der Waals surface area contributed by atoms with Crippen LogP contribution in [0.2, 0.25) is 0 Å². The molecule has 7 nitrogen and oxygen atoms in total. The zero-order valence-corrected chi connectivity index (χ0v) is 14.5. The Balaban J connectivity index is 1.63. The molecule has 0 radical (unpaired) electrons. The maximum absolute atomic E-state index is 12.6. The highest BCUT2D eigenvalue weighted by atomic mass is 16.5. The third kappa shape index (κ3) is 3.77. The molecule has 7 heteroatoms. The second-order valence-electron chi connectivity index (χ2n) is 6.11. The highest BCUT2D eigenvalue weighted by Gasteiger charge is 2.32. The van der Waals surface area contributed by atoms with Crippen LogP contribution in [0.1, 0.15) is 24.3 Å². The molecular formula is C19H21N3O4. The Hall–Kier alpha value is -3.09. The van der Waals surface area contributed by atoms with Crippen molar-refractivity contribution in [3.63, 3.8) is 0 Å². The van der Waals surface area contributed by atoms with Crippen molar-refractivity contribution in [2.45, 2.75) is 25.3 Å². The van der Waals surface area contributed by atoms with Gasteiger partial charge < -0.3 is 19.9 Å². The van der Waals surface area contributed by atoms with Gasteiger partial charge in [0.1, 0.15) is 5.75 Å². The summed E-state index contributed by atoms with van der Waals surface area (Å²) >= 11 is 0. The van der Waals surface area contributed by atoms with E-state index in [1.165, 1.54) is 13.2 Å². The molecule has 0 fully saturated rings. The number of carbonyl (C=O) groups is 2. The number of aryl methyl sites for hydroxylation is 1. The van der Waals surface area contributed by atoms with E-state index in [1.807, 2.05) is 6.07 Å². The molecule has 2 N–H and O–H groups in total. The zero-order valence-electron chi connectivity index (χ0n) is 14.5. The lowest BCUT2D eigenvalue weighted by Crippen LogP contribution is -2.36. The highest BCUT2D eigenvalue weighted by molar-refractivity contribution is 6.02. The number of ether oxygens (including phenoxy) is 1. The maximum atomic E-state index is 12.6. The molecule has 0 spiro atoms. The standard InChI is InChI=1S/C19H21N3O4/c1-26-15-7-4-6-13-14(12-16(23)21-18(13)15)19(25)20-9-5-11-22-10-3-2-8-17(22)24/h2-4,6-8,10,14H,5,9,11-12H2,1H3,(H,20,25)(H,21,23)/t14-/m0/s1. The minimum absolute atomic E-state index is 0.0659. The Labute approximate surface area is 151 Å². The molecule has 0 saturated heterocycles. The molecule has 2 heterocycles. The fourth-order valence-corrected chi connectivity index (χ4v) is 3.09. The maximum Gasteiger partial charge on any atom is 0.250 e. The largest absolute Gasteiger partial charge is 0.495 e. The van der Waals surface area contributed by atoms with Crippen molar-refractivity contribution in [3.05, 3.63) is 58.5 Å². The molecule has 0 saturated carbocycles. The van der Waals surface area contributed by atoms with Crippen LogP contribution in [0.5, 0.6) is 5.75 Å². The number of aromatic nitrogens is 1. The number of amides is 2. The smallest absolute Gasteiger partial charge is 0.250 e. The molecule has 1 atom stereocenters. The normalized spacial score (nSPS) is 15.7. The Kier molecular flexibility index (Phi) is 5.36. The van der Waals surface area contributed by atoms with Gasteiger partial charge >= 0.3 is 0 Å². The predicted octanol–water partition coefficient (Wildman–Crippen LogP) is 1.49. The summed E-state index contributed by atoms with van der Waals surface area (Å²) in [6.07, 6.45) is 2.45. The van der Waals surface area contributed by atoms with E-state index in [-0.39, 0.29) is 23.8 Å². The van der Waals surface area contributed by atoms with Crippen LogP contribution < -0.4 is 20.9 Å². The van der Waals surface area contributed by atoms with Crippen molar-refractivity contribution in [1.82, 2.24) is 9.88 Å². The number of nitrogens with one attached hydrogen (secondary N) is 2. The summed E-state index contributed by atoms with van der Waals surface area (Å²) in [5, 5.41) is 5.64. The van der Waals surface area contributed by atoms with Crippen molar-refractivity contribution in [3.8, 4) is 5.75 Å². The second-order valence-corrected chi connectivity index (χ2v) is 6.11. The van der Waals surface area contributed by atoms with Crippen molar-refractivity contribution >= 4 is 17.5 Å². The van der Waals surface area contributed by atoms with Gasteiger partial charge in [0.15, 0.2) is 0 Å². The van der Waals surface area contributed by atoms with E-state index in [1.54, 1.807) is 35.0 Å². The number of anilines is 1. The SMILES string of the molecule is COc1cccc2c1NC(=O)C[C@@H]2C(=O)NCCCn1ccccc1=O. The topological polar surface area (TPSA) is 89.4 Å². The third-order valence-electron chi connectivity index (χ3n) is 4.40. The third-order valence-corrected chi connectivity index (χ3v) is 4.40.